The van der Waals surface area contributed by atoms with Crippen molar-refractivity contribution in [3.63, 3.8) is 0 Å². The summed E-state index contributed by atoms with van der Waals surface area (Å²) < 4.78 is 0. The minimum atomic E-state index is 0.0248. The van der Waals surface area contributed by atoms with Crippen LogP contribution >= 0.6 is 0 Å². The van der Waals surface area contributed by atoms with E-state index in [0.717, 1.165) is 11.3 Å². The molecule has 0 saturated carbocycles. The molecule has 3 nitrogen and oxygen atoms in total. The number of carbonyl (C=O) groups is 1. The van der Waals surface area contributed by atoms with Crippen molar-refractivity contribution in [3.05, 3.63) is 29.8 Å². The van der Waals surface area contributed by atoms with Gasteiger partial charge in [-0.3, -0.25) is 4.79 Å². The van der Waals surface area contributed by atoms with Gasteiger partial charge >= 0.3 is 0 Å². The quantitative estimate of drug-likeness (QED) is 0.625. The lowest BCUT2D eigenvalue weighted by Crippen LogP contribution is -2.25. The third-order valence-corrected chi connectivity index (χ3v) is 2.27. The molecule has 0 spiro atoms. The second-order valence-electron chi connectivity index (χ2n) is 3.24. The average Bonchev–Trinajstić information content (AvgIpc) is 2.27. The molecular weight excluding hydrogens is 164 g/mol. The molecule has 13 heavy (non-hydrogen) atoms. The van der Waals surface area contributed by atoms with Crippen LogP contribution < -0.4 is 10.6 Å². The summed E-state index contributed by atoms with van der Waals surface area (Å²) in [6.07, 6.45) is 0. The molecular formula is C10H12N2O. The van der Waals surface area contributed by atoms with Crippen LogP contribution in [0.1, 0.15) is 18.5 Å². The summed E-state index contributed by atoms with van der Waals surface area (Å²) in [6, 6.07) is 8.09. The van der Waals surface area contributed by atoms with E-state index in [1.807, 2.05) is 24.3 Å². The van der Waals surface area contributed by atoms with Crippen molar-refractivity contribution in [2.45, 2.75) is 13.0 Å². The van der Waals surface area contributed by atoms with Crippen LogP contribution in [0.5, 0.6) is 0 Å². The van der Waals surface area contributed by atoms with E-state index in [4.69, 9.17) is 0 Å². The number of benzene rings is 1. The monoisotopic (exact) mass is 176 g/mol. The van der Waals surface area contributed by atoms with Gasteiger partial charge in [-0.25, -0.2) is 0 Å². The first kappa shape index (κ1) is 8.26. The summed E-state index contributed by atoms with van der Waals surface area (Å²) in [4.78, 5) is 11.2. The summed E-state index contributed by atoms with van der Waals surface area (Å²) in [5.74, 6) is 0.0248. The molecule has 1 unspecified atom stereocenters. The van der Waals surface area contributed by atoms with Crippen molar-refractivity contribution in [3.8, 4) is 0 Å². The number of hydrogen-bond acceptors (Lipinski definition) is 2. The van der Waals surface area contributed by atoms with Crippen LogP contribution in [-0.2, 0) is 4.79 Å². The molecule has 0 aromatic heterocycles. The summed E-state index contributed by atoms with van der Waals surface area (Å²) in [5.41, 5.74) is 2.07. The Morgan fingerprint density at radius 1 is 1.38 bits per heavy atom. The molecule has 2 rings (SSSR count). The van der Waals surface area contributed by atoms with E-state index >= 15 is 0 Å². The van der Waals surface area contributed by atoms with E-state index in [1.165, 1.54) is 0 Å². The number of para-hydroxylation sites is 1. The fraction of sp³-hybridized carbons (Fsp3) is 0.300. The molecule has 1 aliphatic rings. The zero-order chi connectivity index (χ0) is 9.26. The van der Waals surface area contributed by atoms with Gasteiger partial charge in [0.1, 0.15) is 0 Å². The fourth-order valence-electron chi connectivity index (χ4n) is 1.54. The molecule has 68 valence electrons. The average molecular weight is 176 g/mol. The highest BCUT2D eigenvalue weighted by Crippen LogP contribution is 2.23. The van der Waals surface area contributed by atoms with E-state index < -0.39 is 0 Å². The first-order valence-electron chi connectivity index (χ1n) is 4.39. The molecule has 1 aromatic carbocycles. The molecule has 0 bridgehead atoms. The first-order chi connectivity index (χ1) is 6.27. The Kier molecular flexibility index (Phi) is 2.02. The highest BCUT2D eigenvalue weighted by Gasteiger charge is 2.16. The van der Waals surface area contributed by atoms with Gasteiger partial charge < -0.3 is 10.6 Å². The Morgan fingerprint density at radius 2 is 2.15 bits per heavy atom. The van der Waals surface area contributed by atoms with Crippen LogP contribution in [0.2, 0.25) is 0 Å². The van der Waals surface area contributed by atoms with Gasteiger partial charge in [-0.1, -0.05) is 18.2 Å². The van der Waals surface area contributed by atoms with Gasteiger partial charge in [-0.05, 0) is 18.6 Å². The molecule has 2 N–H and O–H groups in total. The van der Waals surface area contributed by atoms with Crippen LogP contribution in [0.15, 0.2) is 24.3 Å². The predicted molar refractivity (Wildman–Crippen MR) is 51.5 cm³/mol. The Morgan fingerprint density at radius 3 is 3.00 bits per heavy atom. The number of hydrogen-bond donors (Lipinski definition) is 2. The van der Waals surface area contributed by atoms with Gasteiger partial charge in [0.2, 0.25) is 5.91 Å². The minimum absolute atomic E-state index is 0.0248. The lowest BCUT2D eigenvalue weighted by molar-refractivity contribution is -0.115. The SMILES string of the molecule is CC1NCC(=O)Nc2ccccc21. The maximum Gasteiger partial charge on any atom is 0.238 e. The van der Waals surface area contributed by atoms with Gasteiger partial charge in [0, 0.05) is 11.7 Å². The van der Waals surface area contributed by atoms with Gasteiger partial charge in [-0.2, -0.15) is 0 Å². The summed E-state index contributed by atoms with van der Waals surface area (Å²) in [5, 5.41) is 5.99. The Labute approximate surface area is 77.1 Å². The van der Waals surface area contributed by atoms with Crippen molar-refractivity contribution in [2.24, 2.45) is 0 Å². The highest BCUT2D eigenvalue weighted by molar-refractivity contribution is 5.93. The van der Waals surface area contributed by atoms with Crippen LogP contribution in [0.3, 0.4) is 0 Å². The fourth-order valence-corrected chi connectivity index (χ4v) is 1.54. The second-order valence-corrected chi connectivity index (χ2v) is 3.24. The second kappa shape index (κ2) is 3.18. The van der Waals surface area contributed by atoms with E-state index in [9.17, 15) is 4.79 Å². The number of amides is 1. The first-order valence-corrected chi connectivity index (χ1v) is 4.39. The zero-order valence-electron chi connectivity index (χ0n) is 7.50. The number of nitrogens with one attached hydrogen (secondary N) is 2. The van der Waals surface area contributed by atoms with Crippen molar-refractivity contribution >= 4 is 11.6 Å². The molecule has 1 heterocycles. The third kappa shape index (κ3) is 1.55. The number of rotatable bonds is 0. The number of carbonyl (C=O) groups excluding carboxylic acids is 1. The molecule has 1 amide bonds. The van der Waals surface area contributed by atoms with Crippen molar-refractivity contribution < 1.29 is 4.79 Å². The summed E-state index contributed by atoms with van der Waals surface area (Å²) in [7, 11) is 0. The Bertz CT molecular complexity index is 335. The van der Waals surface area contributed by atoms with Crippen LogP contribution in [0.25, 0.3) is 0 Å². The molecule has 1 atom stereocenters. The molecule has 0 radical (unpaired) electrons. The standard InChI is InChI=1S/C10H12N2O/c1-7-8-4-2-3-5-9(8)12-10(13)6-11-7/h2-5,7,11H,6H2,1H3,(H,12,13). The maximum absolute atomic E-state index is 11.2. The molecule has 0 fully saturated rings. The smallest absolute Gasteiger partial charge is 0.238 e. The predicted octanol–water partition coefficient (Wildman–Crippen LogP) is 1.29. The van der Waals surface area contributed by atoms with Crippen LogP contribution in [0.4, 0.5) is 5.69 Å². The number of anilines is 1. The van der Waals surface area contributed by atoms with Gasteiger partial charge in [0.15, 0.2) is 0 Å². The summed E-state index contributed by atoms with van der Waals surface area (Å²) >= 11 is 0. The molecule has 3 heteroatoms. The van der Waals surface area contributed by atoms with Gasteiger partial charge in [0.05, 0.1) is 6.54 Å². The number of fused-ring (bicyclic) bond motifs is 1. The van der Waals surface area contributed by atoms with E-state index in [-0.39, 0.29) is 11.9 Å². The van der Waals surface area contributed by atoms with Crippen LogP contribution in [-0.4, -0.2) is 12.5 Å². The van der Waals surface area contributed by atoms with Crippen LogP contribution in [0, 0.1) is 0 Å². The van der Waals surface area contributed by atoms with Crippen molar-refractivity contribution in [1.29, 1.82) is 0 Å². The topological polar surface area (TPSA) is 41.1 Å². The third-order valence-electron chi connectivity index (χ3n) is 2.27. The Balaban J connectivity index is 2.43. The van der Waals surface area contributed by atoms with Gasteiger partial charge in [-0.15, -0.1) is 0 Å². The molecule has 1 aromatic rings. The molecule has 0 aliphatic carbocycles. The van der Waals surface area contributed by atoms with E-state index in [2.05, 4.69) is 17.6 Å². The van der Waals surface area contributed by atoms with Crippen molar-refractivity contribution in [1.82, 2.24) is 5.32 Å². The molecule has 1 aliphatic heterocycles. The van der Waals surface area contributed by atoms with Crippen molar-refractivity contribution in [2.75, 3.05) is 11.9 Å². The zero-order valence-corrected chi connectivity index (χ0v) is 7.50. The summed E-state index contributed by atoms with van der Waals surface area (Å²) in [6.45, 7) is 2.44. The lowest BCUT2D eigenvalue weighted by atomic mass is 10.1. The highest BCUT2D eigenvalue weighted by atomic mass is 16.1. The van der Waals surface area contributed by atoms with E-state index in [0.29, 0.717) is 6.54 Å². The maximum atomic E-state index is 11.2. The minimum Gasteiger partial charge on any atom is -0.325 e. The normalized spacial score (nSPS) is 21.6. The largest absolute Gasteiger partial charge is 0.325 e. The Hall–Kier alpha value is -1.35. The van der Waals surface area contributed by atoms with Gasteiger partial charge in [0.25, 0.3) is 0 Å². The van der Waals surface area contributed by atoms with E-state index in [1.54, 1.807) is 0 Å². The molecule has 0 saturated heterocycles. The lowest BCUT2D eigenvalue weighted by Gasteiger charge is -2.11.